The number of thiol groups is 1. The summed E-state index contributed by atoms with van der Waals surface area (Å²) in [6.45, 7) is 0. The number of rotatable bonds is 2. The molecule has 0 spiro atoms. The van der Waals surface area contributed by atoms with Crippen LogP contribution >= 0.6 is 24.2 Å². The molecule has 14 heavy (non-hydrogen) atoms. The molecular weight excluding hydrogens is 218 g/mol. The van der Waals surface area contributed by atoms with Gasteiger partial charge in [0.1, 0.15) is 11.5 Å². The number of hydrogen-bond donors (Lipinski definition) is 1. The molecule has 4 heteroatoms. The van der Waals surface area contributed by atoms with Crippen LogP contribution in [0.3, 0.4) is 0 Å². The van der Waals surface area contributed by atoms with E-state index in [1.54, 1.807) is 0 Å². The fourth-order valence-corrected chi connectivity index (χ4v) is 1.42. The lowest BCUT2D eigenvalue weighted by Crippen LogP contribution is -1.75. The lowest BCUT2D eigenvalue weighted by atomic mass is 10.1. The number of aromatic nitrogens is 1. The van der Waals surface area contributed by atoms with Gasteiger partial charge in [0.05, 0.1) is 5.75 Å². The summed E-state index contributed by atoms with van der Waals surface area (Å²) in [5, 5.41) is 4.63. The summed E-state index contributed by atoms with van der Waals surface area (Å²) in [4.78, 5) is 0. The third-order valence-corrected chi connectivity index (χ3v) is 2.42. The first-order chi connectivity index (χ1) is 6.79. The summed E-state index contributed by atoms with van der Waals surface area (Å²) in [5.74, 6) is 1.32. The Morgan fingerprint density at radius 1 is 1.29 bits per heavy atom. The van der Waals surface area contributed by atoms with Crippen LogP contribution in [0.25, 0.3) is 11.3 Å². The molecule has 0 atom stereocenters. The Hall–Kier alpha value is -0.930. The zero-order valence-electron chi connectivity index (χ0n) is 7.27. The van der Waals surface area contributed by atoms with Crippen LogP contribution < -0.4 is 0 Å². The molecule has 0 amide bonds. The highest BCUT2D eigenvalue weighted by Gasteiger charge is 2.04. The van der Waals surface area contributed by atoms with Crippen molar-refractivity contribution in [3.63, 3.8) is 0 Å². The summed E-state index contributed by atoms with van der Waals surface area (Å²) >= 11 is 9.87. The van der Waals surface area contributed by atoms with Crippen molar-refractivity contribution in [1.82, 2.24) is 5.16 Å². The molecule has 1 heterocycles. The van der Waals surface area contributed by atoms with Crippen molar-refractivity contribution in [2.75, 3.05) is 0 Å². The lowest BCUT2D eigenvalue weighted by molar-refractivity contribution is 0.397. The standard InChI is InChI=1S/C10H8ClNOS/c11-8-3-1-7(2-4-8)10-5-9(6-14)13-12-10/h1-5,14H,6H2. The molecule has 1 aromatic heterocycles. The van der Waals surface area contributed by atoms with Crippen LogP contribution in [0, 0.1) is 0 Å². The molecule has 0 radical (unpaired) electrons. The van der Waals surface area contributed by atoms with E-state index in [9.17, 15) is 0 Å². The second-order valence-corrected chi connectivity index (χ2v) is 3.60. The molecule has 0 aliphatic carbocycles. The normalized spacial score (nSPS) is 10.4. The number of hydrogen-bond acceptors (Lipinski definition) is 3. The van der Waals surface area contributed by atoms with Crippen molar-refractivity contribution >= 4 is 24.2 Å². The largest absolute Gasteiger partial charge is 0.360 e. The van der Waals surface area contributed by atoms with Gasteiger partial charge in [-0.3, -0.25) is 0 Å². The van der Waals surface area contributed by atoms with Crippen LogP contribution in [0.15, 0.2) is 34.9 Å². The van der Waals surface area contributed by atoms with Crippen molar-refractivity contribution in [2.24, 2.45) is 0 Å². The number of benzene rings is 1. The maximum atomic E-state index is 5.78. The Kier molecular flexibility index (Phi) is 2.79. The van der Waals surface area contributed by atoms with Gasteiger partial charge in [-0.1, -0.05) is 28.9 Å². The molecule has 0 aliphatic heterocycles. The molecule has 72 valence electrons. The van der Waals surface area contributed by atoms with E-state index in [2.05, 4.69) is 17.8 Å². The second kappa shape index (κ2) is 4.07. The van der Waals surface area contributed by atoms with Crippen LogP contribution in [-0.4, -0.2) is 5.16 Å². The quantitative estimate of drug-likeness (QED) is 0.793. The molecular formula is C10H8ClNOS. The van der Waals surface area contributed by atoms with Gasteiger partial charge in [0.2, 0.25) is 0 Å². The van der Waals surface area contributed by atoms with Gasteiger partial charge < -0.3 is 4.52 Å². The molecule has 1 aromatic carbocycles. The molecule has 0 fully saturated rings. The van der Waals surface area contributed by atoms with Crippen LogP contribution in [0.5, 0.6) is 0 Å². The first-order valence-corrected chi connectivity index (χ1v) is 5.13. The molecule has 0 unspecified atom stereocenters. The van der Waals surface area contributed by atoms with Gasteiger partial charge in [-0.25, -0.2) is 0 Å². The van der Waals surface area contributed by atoms with Crippen LogP contribution in [0.4, 0.5) is 0 Å². The van der Waals surface area contributed by atoms with E-state index in [0.717, 1.165) is 17.0 Å². The zero-order valence-corrected chi connectivity index (χ0v) is 8.92. The Morgan fingerprint density at radius 2 is 2.00 bits per heavy atom. The summed E-state index contributed by atoms with van der Waals surface area (Å²) in [5.41, 5.74) is 1.80. The average Bonchev–Trinajstić information content (AvgIpc) is 2.67. The predicted octanol–water partition coefficient (Wildman–Crippen LogP) is 3.42. The van der Waals surface area contributed by atoms with Crippen LogP contribution in [-0.2, 0) is 5.75 Å². The molecule has 2 aromatic rings. The minimum absolute atomic E-state index is 0.556. The highest BCUT2D eigenvalue weighted by atomic mass is 35.5. The third kappa shape index (κ3) is 1.94. The third-order valence-electron chi connectivity index (χ3n) is 1.85. The summed E-state index contributed by atoms with van der Waals surface area (Å²) < 4.78 is 5.04. The fourth-order valence-electron chi connectivity index (χ4n) is 1.14. The smallest absolute Gasteiger partial charge is 0.146 e. The summed E-state index contributed by atoms with van der Waals surface area (Å²) in [6.07, 6.45) is 0. The summed E-state index contributed by atoms with van der Waals surface area (Å²) in [6, 6.07) is 9.33. The highest BCUT2D eigenvalue weighted by molar-refractivity contribution is 7.79. The minimum Gasteiger partial charge on any atom is -0.360 e. The molecule has 0 aliphatic rings. The van der Waals surface area contributed by atoms with Crippen LogP contribution in [0.2, 0.25) is 5.02 Å². The molecule has 2 rings (SSSR count). The molecule has 0 saturated carbocycles. The van der Waals surface area contributed by atoms with Crippen LogP contribution in [0.1, 0.15) is 5.76 Å². The maximum absolute atomic E-state index is 5.78. The SMILES string of the molecule is SCc1cc(-c2ccc(Cl)cc2)no1. The van der Waals surface area contributed by atoms with E-state index in [1.807, 2.05) is 30.3 Å². The Morgan fingerprint density at radius 3 is 2.57 bits per heavy atom. The second-order valence-electron chi connectivity index (χ2n) is 2.84. The number of nitrogens with zero attached hydrogens (tertiary/aromatic N) is 1. The van der Waals surface area contributed by atoms with E-state index in [0.29, 0.717) is 10.8 Å². The zero-order chi connectivity index (χ0) is 9.97. The van der Waals surface area contributed by atoms with E-state index in [-0.39, 0.29) is 0 Å². The molecule has 0 saturated heterocycles. The van der Waals surface area contributed by atoms with Crippen molar-refractivity contribution in [1.29, 1.82) is 0 Å². The van der Waals surface area contributed by atoms with Gasteiger partial charge in [-0.15, -0.1) is 0 Å². The Bertz CT molecular complexity index is 424. The monoisotopic (exact) mass is 225 g/mol. The van der Waals surface area contributed by atoms with Gasteiger partial charge in [-0.2, -0.15) is 12.6 Å². The van der Waals surface area contributed by atoms with Crippen molar-refractivity contribution < 1.29 is 4.52 Å². The molecule has 0 bridgehead atoms. The molecule has 0 N–H and O–H groups in total. The van der Waals surface area contributed by atoms with Crippen molar-refractivity contribution in [3.8, 4) is 11.3 Å². The highest BCUT2D eigenvalue weighted by Crippen LogP contribution is 2.21. The predicted molar refractivity (Wildman–Crippen MR) is 59.6 cm³/mol. The van der Waals surface area contributed by atoms with E-state index in [4.69, 9.17) is 16.1 Å². The van der Waals surface area contributed by atoms with E-state index >= 15 is 0 Å². The van der Waals surface area contributed by atoms with E-state index in [1.165, 1.54) is 0 Å². The number of halogens is 1. The lowest BCUT2D eigenvalue weighted by Gasteiger charge is -1.93. The van der Waals surface area contributed by atoms with E-state index < -0.39 is 0 Å². The first-order valence-electron chi connectivity index (χ1n) is 4.12. The average molecular weight is 226 g/mol. The first kappa shape index (κ1) is 9.62. The van der Waals surface area contributed by atoms with Crippen molar-refractivity contribution in [2.45, 2.75) is 5.75 Å². The van der Waals surface area contributed by atoms with Gasteiger partial charge >= 0.3 is 0 Å². The van der Waals surface area contributed by atoms with Gasteiger partial charge in [0, 0.05) is 16.7 Å². The maximum Gasteiger partial charge on any atom is 0.146 e. The van der Waals surface area contributed by atoms with Gasteiger partial charge in [0.15, 0.2) is 0 Å². The van der Waals surface area contributed by atoms with Gasteiger partial charge in [0.25, 0.3) is 0 Å². The van der Waals surface area contributed by atoms with Gasteiger partial charge in [-0.05, 0) is 12.1 Å². The Labute approximate surface area is 92.3 Å². The molecule has 2 nitrogen and oxygen atoms in total. The van der Waals surface area contributed by atoms with Crippen molar-refractivity contribution in [3.05, 3.63) is 41.1 Å². The fraction of sp³-hybridized carbons (Fsp3) is 0.100. The topological polar surface area (TPSA) is 26.0 Å². The Balaban J connectivity index is 2.34. The summed E-state index contributed by atoms with van der Waals surface area (Å²) in [7, 11) is 0. The minimum atomic E-state index is 0.556.